The maximum Gasteiger partial charge on any atom is 0.258 e. The van der Waals surface area contributed by atoms with E-state index in [0.717, 1.165) is 11.6 Å². The van der Waals surface area contributed by atoms with Crippen molar-refractivity contribution >= 4 is 22.6 Å². The van der Waals surface area contributed by atoms with Gasteiger partial charge < -0.3 is 15.6 Å². The Bertz CT molecular complexity index is 951. The fourth-order valence-electron chi connectivity index (χ4n) is 3.01. The molecule has 2 heterocycles. The molecule has 24 heavy (non-hydrogen) atoms. The van der Waals surface area contributed by atoms with Crippen LogP contribution in [0.15, 0.2) is 30.6 Å². The Morgan fingerprint density at radius 1 is 1.25 bits per heavy atom. The van der Waals surface area contributed by atoms with Crippen LogP contribution in [0.4, 0.5) is 14.5 Å². The number of H-pyrrole nitrogens is 1. The number of carbonyl (C=O) groups is 1. The summed E-state index contributed by atoms with van der Waals surface area (Å²) < 4.78 is 28.3. The van der Waals surface area contributed by atoms with Gasteiger partial charge in [-0.05, 0) is 42.3 Å². The molecule has 1 aliphatic heterocycles. The number of benzene rings is 2. The van der Waals surface area contributed by atoms with Gasteiger partial charge in [0, 0.05) is 6.54 Å². The van der Waals surface area contributed by atoms with E-state index in [1.54, 1.807) is 6.07 Å². The Morgan fingerprint density at radius 3 is 3.00 bits per heavy atom. The molecule has 3 aromatic rings. The van der Waals surface area contributed by atoms with Crippen molar-refractivity contribution in [1.82, 2.24) is 15.3 Å². The number of fused-ring (bicyclic) bond motifs is 2. The van der Waals surface area contributed by atoms with Gasteiger partial charge >= 0.3 is 0 Å². The number of halogens is 2. The topological polar surface area (TPSA) is 69.8 Å². The van der Waals surface area contributed by atoms with Crippen LogP contribution in [0, 0.1) is 11.6 Å². The Hall–Kier alpha value is -2.80. The van der Waals surface area contributed by atoms with Gasteiger partial charge in [0.1, 0.15) is 17.2 Å². The number of nitrogens with zero attached hydrogens (tertiary/aromatic N) is 1. The third-order valence-electron chi connectivity index (χ3n) is 4.19. The van der Waals surface area contributed by atoms with E-state index in [-0.39, 0.29) is 11.3 Å². The van der Waals surface area contributed by atoms with Crippen LogP contribution < -0.4 is 10.6 Å². The normalized spacial score (nSPS) is 13.8. The highest BCUT2D eigenvalue weighted by Gasteiger charge is 2.20. The Kier molecular flexibility index (Phi) is 3.50. The van der Waals surface area contributed by atoms with E-state index in [1.807, 2.05) is 0 Å². The van der Waals surface area contributed by atoms with Crippen molar-refractivity contribution in [3.8, 4) is 0 Å². The first kappa shape index (κ1) is 14.8. The molecule has 0 fully saturated rings. The minimum atomic E-state index is -0.598. The second-order valence-electron chi connectivity index (χ2n) is 5.70. The van der Waals surface area contributed by atoms with Gasteiger partial charge in [-0.1, -0.05) is 6.07 Å². The fraction of sp³-hybridized carbons (Fsp3) is 0.176. The minimum absolute atomic E-state index is 0.0602. The van der Waals surface area contributed by atoms with Gasteiger partial charge in [0.2, 0.25) is 0 Å². The average molecular weight is 328 g/mol. The van der Waals surface area contributed by atoms with Gasteiger partial charge in [0.15, 0.2) is 0 Å². The maximum atomic E-state index is 14.6. The van der Waals surface area contributed by atoms with E-state index >= 15 is 0 Å². The molecule has 5 nitrogen and oxygen atoms in total. The zero-order valence-electron chi connectivity index (χ0n) is 12.6. The first-order valence-corrected chi connectivity index (χ1v) is 7.58. The van der Waals surface area contributed by atoms with Crippen LogP contribution in [-0.4, -0.2) is 22.4 Å². The summed E-state index contributed by atoms with van der Waals surface area (Å²) in [6, 6.07) is 5.67. The number of hydrogen-bond donors (Lipinski definition) is 3. The minimum Gasteiger partial charge on any atom is -0.344 e. The van der Waals surface area contributed by atoms with Gasteiger partial charge in [0.25, 0.3) is 5.91 Å². The molecule has 0 saturated heterocycles. The molecule has 1 aromatic heterocycles. The van der Waals surface area contributed by atoms with Crippen molar-refractivity contribution in [1.29, 1.82) is 0 Å². The lowest BCUT2D eigenvalue weighted by atomic mass is 9.99. The smallest absolute Gasteiger partial charge is 0.258 e. The van der Waals surface area contributed by atoms with Gasteiger partial charge in [-0.3, -0.25) is 4.79 Å². The van der Waals surface area contributed by atoms with Gasteiger partial charge in [-0.15, -0.1) is 0 Å². The standard InChI is InChI=1S/C17H14F2N4O/c18-10-5-12(16-14(6-10)21-8-22-16)17(24)23-13-2-1-9-7-20-4-3-11(9)15(13)19/h1-2,5-6,8,20H,3-4,7H2,(H,21,22)(H,23,24). The van der Waals surface area contributed by atoms with E-state index in [4.69, 9.17) is 0 Å². The number of amides is 1. The summed E-state index contributed by atoms with van der Waals surface area (Å²) in [5.41, 5.74) is 2.40. The summed E-state index contributed by atoms with van der Waals surface area (Å²) in [5.74, 6) is -1.59. The molecule has 0 spiro atoms. The van der Waals surface area contributed by atoms with Crippen LogP contribution in [-0.2, 0) is 13.0 Å². The summed E-state index contributed by atoms with van der Waals surface area (Å²) >= 11 is 0. The number of rotatable bonds is 2. The van der Waals surface area contributed by atoms with Crippen molar-refractivity contribution in [2.45, 2.75) is 13.0 Å². The number of aromatic nitrogens is 2. The zero-order chi connectivity index (χ0) is 16.7. The summed E-state index contributed by atoms with van der Waals surface area (Å²) in [4.78, 5) is 19.3. The highest BCUT2D eigenvalue weighted by Crippen LogP contribution is 2.26. The predicted octanol–water partition coefficient (Wildman–Crippen LogP) is 2.74. The number of carbonyl (C=O) groups excluding carboxylic acids is 1. The van der Waals surface area contributed by atoms with Crippen molar-refractivity contribution in [3.05, 3.63) is 58.9 Å². The summed E-state index contributed by atoms with van der Waals surface area (Å²) in [6.07, 6.45) is 1.95. The van der Waals surface area contributed by atoms with Crippen LogP contribution in [0.2, 0.25) is 0 Å². The molecule has 0 atom stereocenters. The van der Waals surface area contributed by atoms with E-state index in [0.29, 0.717) is 36.1 Å². The molecule has 1 amide bonds. The van der Waals surface area contributed by atoms with Crippen LogP contribution in [0.1, 0.15) is 21.5 Å². The molecule has 3 N–H and O–H groups in total. The molecular weight excluding hydrogens is 314 g/mol. The Labute approximate surface area is 136 Å². The monoisotopic (exact) mass is 328 g/mol. The van der Waals surface area contributed by atoms with Gasteiger partial charge in [0.05, 0.1) is 23.1 Å². The number of aromatic amines is 1. The third kappa shape index (κ3) is 2.43. The molecule has 4 rings (SSSR count). The summed E-state index contributed by atoms with van der Waals surface area (Å²) in [5, 5.41) is 5.70. The van der Waals surface area contributed by atoms with Crippen LogP contribution in [0.25, 0.3) is 11.0 Å². The Morgan fingerprint density at radius 2 is 2.12 bits per heavy atom. The predicted molar refractivity (Wildman–Crippen MR) is 85.8 cm³/mol. The van der Waals surface area contributed by atoms with Gasteiger partial charge in [-0.2, -0.15) is 0 Å². The van der Waals surface area contributed by atoms with Crippen molar-refractivity contribution in [3.63, 3.8) is 0 Å². The number of nitrogens with one attached hydrogen (secondary N) is 3. The molecule has 0 bridgehead atoms. The van der Waals surface area contributed by atoms with Crippen LogP contribution in [0.3, 0.4) is 0 Å². The lowest BCUT2D eigenvalue weighted by molar-refractivity contribution is 0.102. The zero-order valence-corrected chi connectivity index (χ0v) is 12.6. The lowest BCUT2D eigenvalue weighted by Crippen LogP contribution is -2.25. The first-order valence-electron chi connectivity index (χ1n) is 7.58. The SMILES string of the molecule is O=C(Nc1ccc2c(c1F)CCNC2)c1cc(F)cc2[nH]cnc12. The van der Waals surface area contributed by atoms with Crippen molar-refractivity contribution < 1.29 is 13.6 Å². The molecule has 0 saturated carbocycles. The average Bonchev–Trinajstić information content (AvgIpc) is 3.05. The molecule has 0 unspecified atom stereocenters. The van der Waals surface area contributed by atoms with Crippen molar-refractivity contribution in [2.75, 3.05) is 11.9 Å². The summed E-state index contributed by atoms with van der Waals surface area (Å²) in [7, 11) is 0. The molecule has 1 aliphatic rings. The van der Waals surface area contributed by atoms with E-state index in [1.165, 1.54) is 18.5 Å². The molecule has 122 valence electrons. The first-order chi connectivity index (χ1) is 11.6. The van der Waals surface area contributed by atoms with Crippen LogP contribution >= 0.6 is 0 Å². The molecular formula is C17H14F2N4O. The molecule has 0 aliphatic carbocycles. The second kappa shape index (κ2) is 5.68. The van der Waals surface area contributed by atoms with Gasteiger partial charge in [-0.25, -0.2) is 13.8 Å². The number of hydrogen-bond acceptors (Lipinski definition) is 3. The highest BCUT2D eigenvalue weighted by molar-refractivity contribution is 6.11. The fourth-order valence-corrected chi connectivity index (χ4v) is 3.01. The lowest BCUT2D eigenvalue weighted by Gasteiger charge is -2.19. The van der Waals surface area contributed by atoms with E-state index in [9.17, 15) is 13.6 Å². The maximum absolute atomic E-state index is 14.6. The van der Waals surface area contributed by atoms with Crippen molar-refractivity contribution in [2.24, 2.45) is 0 Å². The highest BCUT2D eigenvalue weighted by atomic mass is 19.1. The molecule has 7 heteroatoms. The molecule has 0 radical (unpaired) electrons. The quantitative estimate of drug-likeness (QED) is 0.677. The summed E-state index contributed by atoms with van der Waals surface area (Å²) in [6.45, 7) is 1.30. The van der Waals surface area contributed by atoms with E-state index < -0.39 is 17.5 Å². The molecule has 2 aromatic carbocycles. The number of imidazole rings is 1. The van der Waals surface area contributed by atoms with Crippen LogP contribution in [0.5, 0.6) is 0 Å². The second-order valence-corrected chi connectivity index (χ2v) is 5.70. The Balaban J connectivity index is 1.70. The number of anilines is 1. The largest absolute Gasteiger partial charge is 0.344 e. The third-order valence-corrected chi connectivity index (χ3v) is 4.19. The van der Waals surface area contributed by atoms with E-state index in [2.05, 4.69) is 20.6 Å².